The number of thioether (sulfide) groups is 1. The molecule has 4 heteroatoms. The second-order valence-electron chi connectivity index (χ2n) is 4.14. The van der Waals surface area contributed by atoms with Crippen LogP contribution in [-0.4, -0.2) is 49.0 Å². The molecule has 1 fully saturated rings. The third kappa shape index (κ3) is 6.40. The number of unbranched alkanes of at least 4 members (excludes halogenated alkanes) is 1. The van der Waals surface area contributed by atoms with Crippen LogP contribution in [0.3, 0.4) is 0 Å². The molecule has 1 rings (SSSR count). The Kier molecular flexibility index (Phi) is 7.44. The first-order chi connectivity index (χ1) is 7.33. The molecular formula is C11H23NO2S. The molecule has 15 heavy (non-hydrogen) atoms. The lowest BCUT2D eigenvalue weighted by molar-refractivity contribution is 0.0473. The first-order valence-corrected chi connectivity index (χ1v) is 7.02. The van der Waals surface area contributed by atoms with Gasteiger partial charge in [-0.15, -0.1) is 0 Å². The van der Waals surface area contributed by atoms with Crippen molar-refractivity contribution in [2.45, 2.75) is 25.9 Å². The van der Waals surface area contributed by atoms with Crippen LogP contribution in [0, 0.1) is 5.92 Å². The molecule has 90 valence electrons. The number of aliphatic hydroxyl groups excluding tert-OH is 1. The van der Waals surface area contributed by atoms with Gasteiger partial charge in [0.1, 0.15) is 0 Å². The fourth-order valence-corrected chi connectivity index (χ4v) is 2.42. The Morgan fingerprint density at radius 1 is 1.53 bits per heavy atom. The van der Waals surface area contributed by atoms with Gasteiger partial charge in [0.05, 0.1) is 12.7 Å². The summed E-state index contributed by atoms with van der Waals surface area (Å²) in [5.74, 6) is 2.80. The highest BCUT2D eigenvalue weighted by Gasteiger charge is 2.16. The molecule has 0 radical (unpaired) electrons. The van der Waals surface area contributed by atoms with Crippen LogP contribution in [0.5, 0.6) is 0 Å². The van der Waals surface area contributed by atoms with E-state index >= 15 is 0 Å². The van der Waals surface area contributed by atoms with Gasteiger partial charge in [0, 0.05) is 12.4 Å². The van der Waals surface area contributed by atoms with Gasteiger partial charge in [-0.05, 0) is 31.2 Å². The normalized spacial score (nSPS) is 18.8. The second kappa shape index (κ2) is 8.39. The quantitative estimate of drug-likeness (QED) is 0.586. The fraction of sp³-hybridized carbons (Fsp3) is 1.00. The van der Waals surface area contributed by atoms with Crippen molar-refractivity contribution in [3.05, 3.63) is 0 Å². The standard InChI is InChI=1S/C11H23NO2S/c1-2-3-4-14-7-11(13)9-15-8-10-5-12-6-10/h10-13H,2-9H2,1H3. The van der Waals surface area contributed by atoms with E-state index < -0.39 is 0 Å². The molecule has 0 amide bonds. The Morgan fingerprint density at radius 2 is 2.33 bits per heavy atom. The van der Waals surface area contributed by atoms with Gasteiger partial charge >= 0.3 is 0 Å². The number of rotatable bonds is 9. The van der Waals surface area contributed by atoms with E-state index in [1.165, 1.54) is 5.75 Å². The van der Waals surface area contributed by atoms with E-state index in [1.807, 2.05) is 11.8 Å². The number of ether oxygens (including phenoxy) is 1. The molecule has 0 aromatic carbocycles. The van der Waals surface area contributed by atoms with Crippen LogP contribution in [0.1, 0.15) is 19.8 Å². The second-order valence-corrected chi connectivity index (χ2v) is 5.22. The van der Waals surface area contributed by atoms with E-state index in [4.69, 9.17) is 4.74 Å². The molecule has 1 aliphatic rings. The van der Waals surface area contributed by atoms with Crippen molar-refractivity contribution >= 4 is 11.8 Å². The highest BCUT2D eigenvalue weighted by atomic mass is 32.2. The van der Waals surface area contributed by atoms with Gasteiger partial charge in [0.15, 0.2) is 0 Å². The SMILES string of the molecule is CCCCOCC(O)CSCC1CNC1. The van der Waals surface area contributed by atoms with Crippen molar-refractivity contribution < 1.29 is 9.84 Å². The van der Waals surface area contributed by atoms with E-state index in [2.05, 4.69) is 12.2 Å². The largest absolute Gasteiger partial charge is 0.390 e. The summed E-state index contributed by atoms with van der Waals surface area (Å²) < 4.78 is 5.36. The zero-order valence-electron chi connectivity index (χ0n) is 9.58. The lowest BCUT2D eigenvalue weighted by atomic mass is 10.1. The van der Waals surface area contributed by atoms with E-state index in [9.17, 15) is 5.11 Å². The van der Waals surface area contributed by atoms with Crippen LogP contribution >= 0.6 is 11.8 Å². The van der Waals surface area contributed by atoms with E-state index in [1.54, 1.807) is 0 Å². The summed E-state index contributed by atoms with van der Waals surface area (Å²) >= 11 is 1.84. The maximum Gasteiger partial charge on any atom is 0.0863 e. The molecule has 0 spiro atoms. The molecule has 1 aliphatic heterocycles. The number of aliphatic hydroxyl groups is 1. The Hall–Kier alpha value is 0.230. The van der Waals surface area contributed by atoms with Crippen molar-refractivity contribution in [3.63, 3.8) is 0 Å². The van der Waals surface area contributed by atoms with Crippen molar-refractivity contribution in [1.29, 1.82) is 0 Å². The zero-order valence-corrected chi connectivity index (χ0v) is 10.4. The molecule has 1 atom stereocenters. The Labute approximate surface area is 97.0 Å². The molecule has 2 N–H and O–H groups in total. The third-order valence-electron chi connectivity index (χ3n) is 2.48. The van der Waals surface area contributed by atoms with Crippen molar-refractivity contribution in [2.24, 2.45) is 5.92 Å². The maximum atomic E-state index is 9.59. The summed E-state index contributed by atoms with van der Waals surface area (Å²) in [5.41, 5.74) is 0. The smallest absolute Gasteiger partial charge is 0.0863 e. The number of hydrogen-bond donors (Lipinski definition) is 2. The molecule has 0 aliphatic carbocycles. The Bertz CT molecular complexity index is 154. The van der Waals surface area contributed by atoms with E-state index in [-0.39, 0.29) is 6.10 Å². The molecule has 0 saturated carbocycles. The Morgan fingerprint density at radius 3 is 2.93 bits per heavy atom. The van der Waals surface area contributed by atoms with Gasteiger partial charge in [-0.2, -0.15) is 11.8 Å². The van der Waals surface area contributed by atoms with Crippen LogP contribution in [0.4, 0.5) is 0 Å². The summed E-state index contributed by atoms with van der Waals surface area (Å²) in [6.07, 6.45) is 1.95. The van der Waals surface area contributed by atoms with Crippen molar-refractivity contribution in [1.82, 2.24) is 5.32 Å². The summed E-state index contributed by atoms with van der Waals surface area (Å²) in [7, 11) is 0. The van der Waals surface area contributed by atoms with Crippen LogP contribution in [-0.2, 0) is 4.74 Å². The minimum Gasteiger partial charge on any atom is -0.390 e. The first kappa shape index (κ1) is 13.3. The molecule has 0 bridgehead atoms. The molecule has 1 heterocycles. The molecular weight excluding hydrogens is 210 g/mol. The van der Waals surface area contributed by atoms with Crippen LogP contribution in [0.2, 0.25) is 0 Å². The summed E-state index contributed by atoms with van der Waals surface area (Å²) in [5, 5.41) is 12.8. The predicted molar refractivity (Wildman–Crippen MR) is 65.4 cm³/mol. The minimum atomic E-state index is -0.292. The third-order valence-corrected chi connectivity index (χ3v) is 3.81. The lowest BCUT2D eigenvalue weighted by Crippen LogP contribution is -2.43. The summed E-state index contributed by atoms with van der Waals surface area (Å²) in [4.78, 5) is 0. The van der Waals surface area contributed by atoms with Gasteiger partial charge in [-0.25, -0.2) is 0 Å². The van der Waals surface area contributed by atoms with Crippen LogP contribution in [0.15, 0.2) is 0 Å². The van der Waals surface area contributed by atoms with E-state index in [0.717, 1.165) is 44.2 Å². The van der Waals surface area contributed by atoms with E-state index in [0.29, 0.717) is 6.61 Å². The van der Waals surface area contributed by atoms with Gasteiger partial charge in [-0.1, -0.05) is 13.3 Å². The monoisotopic (exact) mass is 233 g/mol. The Balaban J connectivity index is 1.82. The molecule has 1 saturated heterocycles. The van der Waals surface area contributed by atoms with Crippen molar-refractivity contribution in [2.75, 3.05) is 37.8 Å². The fourth-order valence-electron chi connectivity index (χ4n) is 1.35. The predicted octanol–water partition coefficient (Wildman–Crippen LogP) is 1.12. The molecule has 3 nitrogen and oxygen atoms in total. The van der Waals surface area contributed by atoms with Crippen LogP contribution < -0.4 is 5.32 Å². The summed E-state index contributed by atoms with van der Waals surface area (Å²) in [6.45, 7) is 5.72. The topological polar surface area (TPSA) is 41.5 Å². The van der Waals surface area contributed by atoms with Gasteiger partial charge in [0.25, 0.3) is 0 Å². The van der Waals surface area contributed by atoms with Gasteiger partial charge < -0.3 is 15.2 Å². The zero-order chi connectivity index (χ0) is 10.9. The summed E-state index contributed by atoms with van der Waals surface area (Å²) in [6, 6.07) is 0. The molecule has 0 aromatic heterocycles. The maximum absolute atomic E-state index is 9.59. The minimum absolute atomic E-state index is 0.292. The first-order valence-electron chi connectivity index (χ1n) is 5.87. The number of nitrogens with one attached hydrogen (secondary N) is 1. The molecule has 1 unspecified atom stereocenters. The molecule has 0 aromatic rings. The van der Waals surface area contributed by atoms with Crippen LogP contribution in [0.25, 0.3) is 0 Å². The number of hydrogen-bond acceptors (Lipinski definition) is 4. The highest BCUT2D eigenvalue weighted by Crippen LogP contribution is 2.13. The highest BCUT2D eigenvalue weighted by molar-refractivity contribution is 7.99. The van der Waals surface area contributed by atoms with Gasteiger partial charge in [0.2, 0.25) is 0 Å². The lowest BCUT2D eigenvalue weighted by Gasteiger charge is -2.26. The van der Waals surface area contributed by atoms with Crippen molar-refractivity contribution in [3.8, 4) is 0 Å². The van der Waals surface area contributed by atoms with Gasteiger partial charge in [-0.3, -0.25) is 0 Å². The average Bonchev–Trinajstić information content (AvgIpc) is 2.17. The average molecular weight is 233 g/mol.